The molecule has 0 aromatic heterocycles. The Kier molecular flexibility index (Phi) is 8.10. The van der Waals surface area contributed by atoms with E-state index in [2.05, 4.69) is 12.2 Å². The fraction of sp³-hybridized carbons (Fsp3) is 0.650. The fourth-order valence-electron chi connectivity index (χ4n) is 3.40. The number of hydrogen-bond acceptors (Lipinski definition) is 3. The molecule has 0 spiro atoms. The van der Waals surface area contributed by atoms with Crippen LogP contribution in [0.3, 0.4) is 0 Å². The molecule has 0 radical (unpaired) electrons. The summed E-state index contributed by atoms with van der Waals surface area (Å²) >= 11 is 0. The molecule has 0 saturated carbocycles. The molecule has 1 aliphatic heterocycles. The second kappa shape index (κ2) is 10.1. The van der Waals surface area contributed by atoms with Gasteiger partial charge in [0.25, 0.3) is 0 Å². The molecule has 1 aromatic carbocycles. The lowest BCUT2D eigenvalue weighted by Crippen LogP contribution is -3.13. The minimum absolute atomic E-state index is 0.00367. The van der Waals surface area contributed by atoms with Crippen molar-refractivity contribution in [1.29, 1.82) is 0 Å². The minimum atomic E-state index is -3.27. The van der Waals surface area contributed by atoms with Crippen LogP contribution in [0.5, 0.6) is 0 Å². The van der Waals surface area contributed by atoms with Crippen molar-refractivity contribution in [2.24, 2.45) is 5.92 Å². The maximum absolute atomic E-state index is 12.2. The summed E-state index contributed by atoms with van der Waals surface area (Å²) in [5.74, 6) is 0.590. The second-order valence-electron chi connectivity index (χ2n) is 7.65. The summed E-state index contributed by atoms with van der Waals surface area (Å²) in [5.41, 5.74) is 1.78. The van der Waals surface area contributed by atoms with Crippen LogP contribution in [0.2, 0.25) is 0 Å². The molecule has 1 amide bonds. The molecule has 1 heterocycles. The maximum Gasteiger partial charge on any atom is 0.221 e. The summed E-state index contributed by atoms with van der Waals surface area (Å²) < 4.78 is 24.5. The van der Waals surface area contributed by atoms with Crippen molar-refractivity contribution in [1.82, 2.24) is 5.32 Å². The molecule has 5 nitrogen and oxygen atoms in total. The van der Waals surface area contributed by atoms with E-state index in [1.54, 1.807) is 4.90 Å². The molecule has 1 saturated heterocycles. The van der Waals surface area contributed by atoms with Crippen molar-refractivity contribution in [3.8, 4) is 0 Å². The number of rotatable bonds is 9. The number of hydrogen-bond donors (Lipinski definition) is 2. The van der Waals surface area contributed by atoms with Gasteiger partial charge in [0.2, 0.25) is 5.91 Å². The van der Waals surface area contributed by atoms with Crippen molar-refractivity contribution < 1.29 is 18.1 Å². The predicted molar refractivity (Wildman–Crippen MR) is 105 cm³/mol. The number of sulfone groups is 1. The summed E-state index contributed by atoms with van der Waals surface area (Å²) in [6.45, 7) is 8.39. The third-order valence-corrected chi connectivity index (χ3v) is 6.86. The topological polar surface area (TPSA) is 67.7 Å². The number of amides is 1. The molecule has 0 atom stereocenters. The molecule has 146 valence electrons. The summed E-state index contributed by atoms with van der Waals surface area (Å²) in [6, 6.07) is 7.47. The molecule has 1 aliphatic rings. The van der Waals surface area contributed by atoms with E-state index in [4.69, 9.17) is 0 Å². The van der Waals surface area contributed by atoms with E-state index in [-0.39, 0.29) is 23.8 Å². The number of carbonyl (C=O) groups is 1. The van der Waals surface area contributed by atoms with Crippen LogP contribution in [0.25, 0.3) is 0 Å². The highest BCUT2D eigenvalue weighted by Gasteiger charge is 2.18. The summed E-state index contributed by atoms with van der Waals surface area (Å²) in [5, 5.41) is 2.86. The van der Waals surface area contributed by atoms with E-state index >= 15 is 0 Å². The van der Waals surface area contributed by atoms with E-state index in [0.717, 1.165) is 30.0 Å². The molecule has 6 heteroatoms. The summed E-state index contributed by atoms with van der Waals surface area (Å²) in [4.78, 5) is 13.5. The molecular weight excluding hydrogens is 348 g/mol. The quantitative estimate of drug-likeness (QED) is 0.630. The highest BCUT2D eigenvalue weighted by Crippen LogP contribution is 2.12. The van der Waals surface area contributed by atoms with E-state index in [0.29, 0.717) is 6.54 Å². The van der Waals surface area contributed by atoms with Gasteiger partial charge in [0.1, 0.15) is 0 Å². The first kappa shape index (κ1) is 20.9. The third-order valence-electron chi connectivity index (χ3n) is 5.29. The van der Waals surface area contributed by atoms with Crippen LogP contribution >= 0.6 is 0 Å². The fourth-order valence-corrected chi connectivity index (χ4v) is 4.84. The van der Waals surface area contributed by atoms with Gasteiger partial charge in [0.15, 0.2) is 9.84 Å². The maximum atomic E-state index is 12.2. The Morgan fingerprint density at radius 1 is 1.23 bits per heavy atom. The average molecular weight is 382 g/mol. The Morgan fingerprint density at radius 2 is 1.92 bits per heavy atom. The van der Waals surface area contributed by atoms with Gasteiger partial charge in [-0.05, 0) is 36.8 Å². The van der Waals surface area contributed by atoms with Gasteiger partial charge >= 0.3 is 0 Å². The molecule has 2 rings (SSSR count). The standard InChI is InChI=1S/C20H32N2O3S/c1-17-8-13-22(14-9-17)12-5-11-21-20(23)10-15-26(24,25)16-19-7-4-3-6-18(19)2/h3-4,6-7,17H,5,8-16H2,1-2H3,(H,21,23)/p+1. The highest BCUT2D eigenvalue weighted by molar-refractivity contribution is 7.90. The van der Waals surface area contributed by atoms with Gasteiger partial charge in [0.05, 0.1) is 31.1 Å². The van der Waals surface area contributed by atoms with Crippen LogP contribution in [0.1, 0.15) is 43.7 Å². The number of piperidine rings is 1. The minimum Gasteiger partial charge on any atom is -0.356 e. The van der Waals surface area contributed by atoms with Crippen molar-refractivity contribution in [3.05, 3.63) is 35.4 Å². The van der Waals surface area contributed by atoms with E-state index < -0.39 is 9.84 Å². The van der Waals surface area contributed by atoms with E-state index in [1.165, 1.54) is 25.9 Å². The van der Waals surface area contributed by atoms with Gasteiger partial charge in [-0.3, -0.25) is 4.79 Å². The zero-order chi connectivity index (χ0) is 19.0. The van der Waals surface area contributed by atoms with Gasteiger partial charge in [-0.15, -0.1) is 0 Å². The lowest BCUT2D eigenvalue weighted by Gasteiger charge is -2.27. The number of benzene rings is 1. The van der Waals surface area contributed by atoms with Crippen LogP contribution in [-0.4, -0.2) is 46.3 Å². The Hall–Kier alpha value is -1.40. The van der Waals surface area contributed by atoms with Crippen molar-refractivity contribution in [2.45, 2.75) is 45.3 Å². The van der Waals surface area contributed by atoms with Crippen molar-refractivity contribution in [3.63, 3.8) is 0 Å². The van der Waals surface area contributed by atoms with Crippen LogP contribution in [0, 0.1) is 12.8 Å². The van der Waals surface area contributed by atoms with Gasteiger partial charge in [-0.2, -0.15) is 0 Å². The van der Waals surface area contributed by atoms with Gasteiger partial charge < -0.3 is 10.2 Å². The van der Waals surface area contributed by atoms with E-state index in [1.807, 2.05) is 31.2 Å². The Balaban J connectivity index is 1.62. The molecule has 1 aromatic rings. The summed E-state index contributed by atoms with van der Waals surface area (Å²) in [6.07, 6.45) is 3.58. The highest BCUT2D eigenvalue weighted by atomic mass is 32.2. The molecule has 0 unspecified atom stereocenters. The monoisotopic (exact) mass is 381 g/mol. The lowest BCUT2D eigenvalue weighted by atomic mass is 9.99. The zero-order valence-electron chi connectivity index (χ0n) is 16.1. The average Bonchev–Trinajstić information content (AvgIpc) is 2.60. The number of quaternary nitrogens is 1. The van der Waals surface area contributed by atoms with Crippen LogP contribution in [0.15, 0.2) is 24.3 Å². The van der Waals surface area contributed by atoms with Crippen LogP contribution in [0.4, 0.5) is 0 Å². The SMILES string of the molecule is Cc1ccccc1CS(=O)(=O)CCC(=O)NCCC[NH+]1CCC(C)CC1. The number of likely N-dealkylation sites (tertiary alicyclic amines) is 1. The summed E-state index contributed by atoms with van der Waals surface area (Å²) in [7, 11) is -3.27. The first-order valence-electron chi connectivity index (χ1n) is 9.71. The first-order chi connectivity index (χ1) is 12.4. The normalized spacial score (nSPS) is 20.7. The molecule has 0 bridgehead atoms. The van der Waals surface area contributed by atoms with Crippen molar-refractivity contribution >= 4 is 15.7 Å². The van der Waals surface area contributed by atoms with Crippen molar-refractivity contribution in [2.75, 3.05) is 31.9 Å². The zero-order valence-corrected chi connectivity index (χ0v) is 16.9. The number of nitrogens with one attached hydrogen (secondary N) is 2. The second-order valence-corrected chi connectivity index (χ2v) is 9.84. The van der Waals surface area contributed by atoms with Gasteiger partial charge in [-0.25, -0.2) is 8.42 Å². The number of carbonyl (C=O) groups excluding carboxylic acids is 1. The van der Waals surface area contributed by atoms with Gasteiger partial charge in [0, 0.05) is 19.4 Å². The van der Waals surface area contributed by atoms with Crippen LogP contribution < -0.4 is 10.2 Å². The molecule has 2 N–H and O–H groups in total. The third kappa shape index (κ3) is 7.46. The van der Waals surface area contributed by atoms with E-state index in [9.17, 15) is 13.2 Å². The van der Waals surface area contributed by atoms with Crippen LogP contribution in [-0.2, 0) is 20.4 Å². The Bertz CT molecular complexity index is 680. The molecular formula is C20H33N2O3S+. The largest absolute Gasteiger partial charge is 0.356 e. The Morgan fingerprint density at radius 3 is 2.62 bits per heavy atom. The Labute approximate surface area is 158 Å². The van der Waals surface area contributed by atoms with Gasteiger partial charge in [-0.1, -0.05) is 31.2 Å². The smallest absolute Gasteiger partial charge is 0.221 e. The predicted octanol–water partition coefficient (Wildman–Crippen LogP) is 1.12. The first-order valence-corrected chi connectivity index (χ1v) is 11.5. The number of aryl methyl sites for hydroxylation is 1. The molecule has 26 heavy (non-hydrogen) atoms. The molecule has 0 aliphatic carbocycles. The molecule has 1 fully saturated rings. The lowest BCUT2D eigenvalue weighted by molar-refractivity contribution is -0.906.